The number of halogens is 1. The Bertz CT molecular complexity index is 923. The second kappa shape index (κ2) is 9.07. The summed E-state index contributed by atoms with van der Waals surface area (Å²) in [5.74, 6) is -1.07. The van der Waals surface area contributed by atoms with Crippen molar-refractivity contribution in [1.82, 2.24) is 4.90 Å². The van der Waals surface area contributed by atoms with Gasteiger partial charge in [-0.1, -0.05) is 11.6 Å². The lowest BCUT2D eigenvalue weighted by Gasteiger charge is -2.10. The molecule has 0 radical (unpaired) electrons. The molecule has 0 fully saturated rings. The fourth-order valence-electron chi connectivity index (χ4n) is 2.49. The summed E-state index contributed by atoms with van der Waals surface area (Å²) in [7, 11) is 4.66. The number of benzene rings is 1. The number of ether oxygens (including phenoxy) is 2. The predicted molar refractivity (Wildman–Crippen MR) is 109 cm³/mol. The summed E-state index contributed by atoms with van der Waals surface area (Å²) >= 11 is 7.01. The van der Waals surface area contributed by atoms with Crippen LogP contribution in [-0.2, 0) is 4.74 Å². The third-order valence-electron chi connectivity index (χ3n) is 3.86. The number of esters is 1. The van der Waals surface area contributed by atoms with Gasteiger partial charge in [0.05, 0.1) is 29.7 Å². The maximum Gasteiger partial charge on any atom is 0.341 e. The van der Waals surface area contributed by atoms with Crippen LogP contribution in [-0.4, -0.2) is 50.5 Å². The Labute approximate surface area is 172 Å². The molecule has 0 aliphatic heterocycles. The summed E-state index contributed by atoms with van der Waals surface area (Å²) in [5, 5.41) is 3.29. The van der Waals surface area contributed by atoms with Crippen LogP contribution >= 0.6 is 22.9 Å². The van der Waals surface area contributed by atoms with E-state index in [4.69, 9.17) is 21.1 Å². The molecule has 2 aromatic rings. The van der Waals surface area contributed by atoms with Crippen LogP contribution in [0.4, 0.5) is 5.00 Å². The average Bonchev–Trinajstić information content (AvgIpc) is 2.96. The van der Waals surface area contributed by atoms with E-state index in [-0.39, 0.29) is 28.6 Å². The number of anilines is 1. The summed E-state index contributed by atoms with van der Waals surface area (Å²) in [6, 6.07) is 4.64. The maximum absolute atomic E-state index is 12.8. The first-order valence-corrected chi connectivity index (χ1v) is 9.57. The van der Waals surface area contributed by atoms with E-state index in [1.54, 1.807) is 40.1 Å². The number of thiophene rings is 1. The molecular formula is C19H21ClN2O5S. The smallest absolute Gasteiger partial charge is 0.341 e. The van der Waals surface area contributed by atoms with Crippen molar-refractivity contribution in [3.8, 4) is 5.75 Å². The van der Waals surface area contributed by atoms with Gasteiger partial charge in [-0.05, 0) is 37.6 Å². The van der Waals surface area contributed by atoms with Gasteiger partial charge in [-0.25, -0.2) is 4.79 Å². The fraction of sp³-hybridized carbons (Fsp3) is 0.316. The number of hydrogen-bond donors (Lipinski definition) is 1. The minimum atomic E-state index is -0.609. The fourth-order valence-corrected chi connectivity index (χ4v) is 3.87. The van der Waals surface area contributed by atoms with Gasteiger partial charge in [-0.2, -0.15) is 0 Å². The molecule has 2 amide bonds. The second-order valence-corrected chi connectivity index (χ2v) is 7.44. The Morgan fingerprint density at radius 3 is 2.50 bits per heavy atom. The van der Waals surface area contributed by atoms with E-state index in [9.17, 15) is 14.4 Å². The summed E-state index contributed by atoms with van der Waals surface area (Å²) in [4.78, 5) is 39.5. The number of nitrogens with one attached hydrogen (secondary N) is 1. The van der Waals surface area contributed by atoms with E-state index in [0.29, 0.717) is 21.2 Å². The molecule has 7 nitrogen and oxygen atoms in total. The van der Waals surface area contributed by atoms with Crippen molar-refractivity contribution in [1.29, 1.82) is 0 Å². The lowest BCUT2D eigenvalue weighted by Crippen LogP contribution is -2.21. The lowest BCUT2D eigenvalue weighted by atomic mass is 10.1. The Morgan fingerprint density at radius 2 is 1.93 bits per heavy atom. The van der Waals surface area contributed by atoms with Crippen molar-refractivity contribution in [2.75, 3.05) is 33.1 Å². The largest absolute Gasteiger partial charge is 0.496 e. The minimum absolute atomic E-state index is 0.159. The molecule has 0 bridgehead atoms. The molecule has 1 heterocycles. The van der Waals surface area contributed by atoms with Gasteiger partial charge in [0.25, 0.3) is 11.8 Å². The SMILES string of the molecule is CCOC(=O)c1c(NC(=O)c2cc(Cl)ccc2OC)sc(C(=O)N(C)C)c1C. The number of methoxy groups -OCH3 is 1. The van der Waals surface area contributed by atoms with E-state index >= 15 is 0 Å². The topological polar surface area (TPSA) is 84.9 Å². The van der Waals surface area contributed by atoms with Gasteiger partial charge in [0.1, 0.15) is 10.8 Å². The summed E-state index contributed by atoms with van der Waals surface area (Å²) in [5.41, 5.74) is 0.818. The molecule has 1 aromatic carbocycles. The number of nitrogens with zero attached hydrogens (tertiary/aromatic N) is 1. The van der Waals surface area contributed by atoms with E-state index < -0.39 is 11.9 Å². The van der Waals surface area contributed by atoms with Crippen molar-refractivity contribution in [2.24, 2.45) is 0 Å². The van der Waals surface area contributed by atoms with Crippen LogP contribution in [0.25, 0.3) is 0 Å². The zero-order valence-corrected chi connectivity index (χ0v) is 17.8. The molecule has 0 unspecified atom stereocenters. The first-order chi connectivity index (χ1) is 13.2. The lowest BCUT2D eigenvalue weighted by molar-refractivity contribution is 0.0527. The molecule has 28 heavy (non-hydrogen) atoms. The standard InChI is InChI=1S/C19H21ClN2O5S/c1-6-27-19(25)14-10(2)15(18(24)22(3)4)28-17(14)21-16(23)12-9-11(20)7-8-13(12)26-5/h7-9H,6H2,1-5H3,(H,21,23). The van der Waals surface area contributed by atoms with Gasteiger partial charge in [0, 0.05) is 19.1 Å². The van der Waals surface area contributed by atoms with Crippen molar-refractivity contribution in [3.05, 3.63) is 44.8 Å². The van der Waals surface area contributed by atoms with Gasteiger partial charge in [0.2, 0.25) is 0 Å². The Balaban J connectivity index is 2.51. The van der Waals surface area contributed by atoms with Gasteiger partial charge in [-0.15, -0.1) is 11.3 Å². The molecule has 0 saturated carbocycles. The number of carbonyl (C=O) groups excluding carboxylic acids is 3. The highest BCUT2D eigenvalue weighted by atomic mass is 35.5. The number of carbonyl (C=O) groups is 3. The minimum Gasteiger partial charge on any atom is -0.496 e. The van der Waals surface area contributed by atoms with E-state index in [1.807, 2.05) is 0 Å². The summed E-state index contributed by atoms with van der Waals surface area (Å²) < 4.78 is 10.3. The quantitative estimate of drug-likeness (QED) is 0.712. The molecule has 0 atom stereocenters. The molecule has 1 N–H and O–H groups in total. The average molecular weight is 425 g/mol. The van der Waals surface area contributed by atoms with Crippen LogP contribution in [0.2, 0.25) is 5.02 Å². The second-order valence-electron chi connectivity index (χ2n) is 5.98. The van der Waals surface area contributed by atoms with E-state index in [1.165, 1.54) is 18.1 Å². The maximum atomic E-state index is 12.8. The third kappa shape index (κ3) is 4.45. The molecule has 1 aromatic heterocycles. The molecule has 2 rings (SSSR count). The highest BCUT2D eigenvalue weighted by molar-refractivity contribution is 7.18. The molecule has 0 saturated heterocycles. The van der Waals surface area contributed by atoms with Gasteiger partial charge < -0.3 is 19.7 Å². The molecular weight excluding hydrogens is 404 g/mol. The zero-order chi connectivity index (χ0) is 21.0. The van der Waals surface area contributed by atoms with Crippen LogP contribution in [0, 0.1) is 6.92 Å². The van der Waals surface area contributed by atoms with Crippen LogP contribution in [0.3, 0.4) is 0 Å². The molecule has 0 aliphatic rings. The summed E-state index contributed by atoms with van der Waals surface area (Å²) in [6.07, 6.45) is 0. The molecule has 0 spiro atoms. The normalized spacial score (nSPS) is 10.4. The first kappa shape index (κ1) is 21.7. The van der Waals surface area contributed by atoms with Gasteiger partial charge >= 0.3 is 5.97 Å². The van der Waals surface area contributed by atoms with Gasteiger partial charge in [0.15, 0.2) is 0 Å². The van der Waals surface area contributed by atoms with Crippen LogP contribution in [0.1, 0.15) is 42.9 Å². The molecule has 150 valence electrons. The van der Waals surface area contributed by atoms with E-state index in [2.05, 4.69) is 5.32 Å². The Kier molecular flexibility index (Phi) is 7.04. The molecule has 9 heteroatoms. The highest BCUT2D eigenvalue weighted by Gasteiger charge is 2.28. The van der Waals surface area contributed by atoms with Crippen LogP contribution < -0.4 is 10.1 Å². The zero-order valence-electron chi connectivity index (χ0n) is 16.2. The summed E-state index contributed by atoms with van der Waals surface area (Å²) in [6.45, 7) is 3.50. The monoisotopic (exact) mass is 424 g/mol. The van der Waals surface area contributed by atoms with Crippen molar-refractivity contribution >= 4 is 45.7 Å². The van der Waals surface area contributed by atoms with Crippen molar-refractivity contribution in [2.45, 2.75) is 13.8 Å². The van der Waals surface area contributed by atoms with Crippen LogP contribution in [0.15, 0.2) is 18.2 Å². The number of rotatable bonds is 6. The van der Waals surface area contributed by atoms with Gasteiger partial charge in [-0.3, -0.25) is 9.59 Å². The highest BCUT2D eigenvalue weighted by Crippen LogP contribution is 2.35. The van der Waals surface area contributed by atoms with Crippen molar-refractivity contribution in [3.63, 3.8) is 0 Å². The third-order valence-corrected chi connectivity index (χ3v) is 5.29. The van der Waals surface area contributed by atoms with Crippen molar-refractivity contribution < 1.29 is 23.9 Å². The molecule has 0 aliphatic carbocycles. The first-order valence-electron chi connectivity index (χ1n) is 8.38. The van der Waals surface area contributed by atoms with Crippen LogP contribution in [0.5, 0.6) is 5.75 Å². The number of amides is 2. The Hall–Kier alpha value is -2.58. The number of hydrogen-bond acceptors (Lipinski definition) is 6. The van der Waals surface area contributed by atoms with E-state index in [0.717, 1.165) is 11.3 Å². The Morgan fingerprint density at radius 1 is 1.25 bits per heavy atom. The predicted octanol–water partition coefficient (Wildman–Crippen LogP) is 3.85.